The molecular weight excluding hydrogens is 328 g/mol. The maximum atomic E-state index is 5.90. The lowest BCUT2D eigenvalue weighted by molar-refractivity contribution is 0.450. The molecule has 0 radical (unpaired) electrons. The topological polar surface area (TPSA) is 48.1 Å². The molecule has 1 aromatic carbocycles. The summed E-state index contributed by atoms with van der Waals surface area (Å²) in [6, 6.07) is 9.82. The highest BCUT2D eigenvalue weighted by atomic mass is 79.9. The predicted molar refractivity (Wildman–Crippen MR) is 89.8 cm³/mol. The first-order valence-corrected chi connectivity index (χ1v) is 7.74. The van der Waals surface area contributed by atoms with Crippen molar-refractivity contribution in [3.63, 3.8) is 0 Å². The number of aryl methyl sites for hydroxylation is 1. The summed E-state index contributed by atoms with van der Waals surface area (Å²) in [5.41, 5.74) is 8.87. The number of rotatable bonds is 3. The average Bonchev–Trinajstić information content (AvgIpc) is 2.41. The number of hydrogen-bond donors (Lipinski definition) is 1. The summed E-state index contributed by atoms with van der Waals surface area (Å²) in [7, 11) is 0. The summed E-state index contributed by atoms with van der Waals surface area (Å²) in [6.07, 6.45) is 0. The molecule has 1 aromatic heterocycles. The number of nitrogens with two attached hydrogens (primary N) is 1. The summed E-state index contributed by atoms with van der Waals surface area (Å²) < 4.78 is 6.97. The minimum Gasteiger partial charge on any atom is -0.439 e. The van der Waals surface area contributed by atoms with E-state index in [-0.39, 0.29) is 5.41 Å². The molecule has 0 saturated carbocycles. The first-order valence-electron chi connectivity index (χ1n) is 6.95. The quantitative estimate of drug-likeness (QED) is 0.874. The zero-order chi connectivity index (χ0) is 15.6. The summed E-state index contributed by atoms with van der Waals surface area (Å²) in [4.78, 5) is 4.61. The Labute approximate surface area is 134 Å². The molecule has 0 aliphatic carbocycles. The smallest absolute Gasteiger partial charge is 0.219 e. The van der Waals surface area contributed by atoms with Crippen LogP contribution in [0.3, 0.4) is 0 Å². The third kappa shape index (κ3) is 4.05. The van der Waals surface area contributed by atoms with Crippen molar-refractivity contribution in [1.29, 1.82) is 0 Å². The normalized spacial score (nSPS) is 11.5. The fourth-order valence-electron chi connectivity index (χ4n) is 1.91. The van der Waals surface area contributed by atoms with Crippen molar-refractivity contribution in [3.8, 4) is 11.6 Å². The molecule has 2 N–H and O–H groups in total. The van der Waals surface area contributed by atoms with Crippen LogP contribution in [0.1, 0.15) is 37.6 Å². The van der Waals surface area contributed by atoms with Gasteiger partial charge in [0.2, 0.25) is 5.88 Å². The van der Waals surface area contributed by atoms with Gasteiger partial charge in [0.1, 0.15) is 5.75 Å². The first-order chi connectivity index (χ1) is 9.79. The highest BCUT2D eigenvalue weighted by Crippen LogP contribution is 2.28. The van der Waals surface area contributed by atoms with Crippen molar-refractivity contribution in [1.82, 2.24) is 4.98 Å². The Morgan fingerprint density at radius 2 is 1.90 bits per heavy atom. The van der Waals surface area contributed by atoms with Gasteiger partial charge in [-0.25, -0.2) is 4.98 Å². The van der Waals surface area contributed by atoms with Crippen LogP contribution >= 0.6 is 15.9 Å². The maximum absolute atomic E-state index is 5.90. The SMILES string of the molecule is Cc1cc(Oc2cc(CN)cc(C(C)(C)C)n2)ccc1Br. The van der Waals surface area contributed by atoms with E-state index in [4.69, 9.17) is 10.5 Å². The van der Waals surface area contributed by atoms with Gasteiger partial charge in [-0.05, 0) is 42.3 Å². The molecule has 0 saturated heterocycles. The van der Waals surface area contributed by atoms with Gasteiger partial charge in [0.05, 0.1) is 5.69 Å². The van der Waals surface area contributed by atoms with Crippen molar-refractivity contribution in [2.45, 2.75) is 39.7 Å². The summed E-state index contributed by atoms with van der Waals surface area (Å²) in [5.74, 6) is 1.36. The largest absolute Gasteiger partial charge is 0.439 e. The summed E-state index contributed by atoms with van der Waals surface area (Å²) in [5, 5.41) is 0. The van der Waals surface area contributed by atoms with Crippen LogP contribution in [0, 0.1) is 6.92 Å². The fraction of sp³-hybridized carbons (Fsp3) is 0.353. The lowest BCUT2D eigenvalue weighted by Crippen LogP contribution is -2.15. The highest BCUT2D eigenvalue weighted by Gasteiger charge is 2.17. The van der Waals surface area contributed by atoms with E-state index in [0.29, 0.717) is 12.4 Å². The van der Waals surface area contributed by atoms with Gasteiger partial charge < -0.3 is 10.5 Å². The number of nitrogens with zero attached hydrogens (tertiary/aromatic N) is 1. The maximum Gasteiger partial charge on any atom is 0.219 e. The lowest BCUT2D eigenvalue weighted by Gasteiger charge is -2.19. The average molecular weight is 349 g/mol. The van der Waals surface area contributed by atoms with Crippen LogP contribution in [-0.4, -0.2) is 4.98 Å². The Balaban J connectivity index is 2.36. The van der Waals surface area contributed by atoms with Crippen molar-refractivity contribution in [3.05, 3.63) is 51.6 Å². The van der Waals surface area contributed by atoms with Gasteiger partial charge in [-0.2, -0.15) is 0 Å². The zero-order valence-corrected chi connectivity index (χ0v) is 14.5. The van der Waals surface area contributed by atoms with Crippen LogP contribution in [0.5, 0.6) is 11.6 Å². The van der Waals surface area contributed by atoms with Crippen molar-refractivity contribution in [2.24, 2.45) is 5.73 Å². The number of halogens is 1. The number of aromatic nitrogens is 1. The molecule has 0 atom stereocenters. The Morgan fingerprint density at radius 1 is 1.19 bits per heavy atom. The molecule has 0 aliphatic heterocycles. The minimum atomic E-state index is -0.0427. The number of benzene rings is 1. The molecule has 21 heavy (non-hydrogen) atoms. The van der Waals surface area contributed by atoms with Crippen molar-refractivity contribution < 1.29 is 4.74 Å². The Kier molecular flexibility index (Phi) is 4.69. The highest BCUT2D eigenvalue weighted by molar-refractivity contribution is 9.10. The van der Waals surface area contributed by atoms with Gasteiger partial charge in [-0.3, -0.25) is 0 Å². The molecule has 1 heterocycles. The second-order valence-electron chi connectivity index (χ2n) is 6.17. The second kappa shape index (κ2) is 6.16. The molecule has 112 valence electrons. The fourth-order valence-corrected chi connectivity index (χ4v) is 2.16. The molecule has 3 nitrogen and oxygen atoms in total. The molecular formula is C17H21BrN2O. The van der Waals surface area contributed by atoms with E-state index in [9.17, 15) is 0 Å². The van der Waals surface area contributed by atoms with Crippen LogP contribution in [0.25, 0.3) is 0 Å². The van der Waals surface area contributed by atoms with Crippen LogP contribution in [0.4, 0.5) is 0 Å². The Morgan fingerprint density at radius 3 is 2.48 bits per heavy atom. The monoisotopic (exact) mass is 348 g/mol. The van der Waals surface area contributed by atoms with E-state index >= 15 is 0 Å². The molecule has 0 amide bonds. The molecule has 0 aliphatic rings. The van der Waals surface area contributed by atoms with Gasteiger partial charge in [-0.15, -0.1) is 0 Å². The van der Waals surface area contributed by atoms with Gasteiger partial charge in [0.25, 0.3) is 0 Å². The molecule has 0 unspecified atom stereocenters. The number of ether oxygens (including phenoxy) is 1. The number of hydrogen-bond acceptors (Lipinski definition) is 3. The molecule has 0 spiro atoms. The third-order valence-corrected chi connectivity index (χ3v) is 4.11. The van der Waals surface area contributed by atoms with Crippen LogP contribution in [0.15, 0.2) is 34.8 Å². The van der Waals surface area contributed by atoms with Gasteiger partial charge >= 0.3 is 0 Å². The van der Waals surface area contributed by atoms with Crippen molar-refractivity contribution in [2.75, 3.05) is 0 Å². The molecule has 0 bridgehead atoms. The molecule has 2 rings (SSSR count). The zero-order valence-electron chi connectivity index (χ0n) is 12.9. The summed E-state index contributed by atoms with van der Waals surface area (Å²) in [6.45, 7) is 8.89. The van der Waals surface area contributed by atoms with E-state index < -0.39 is 0 Å². The minimum absolute atomic E-state index is 0.0427. The van der Waals surface area contributed by atoms with E-state index in [2.05, 4.69) is 41.7 Å². The van der Waals surface area contributed by atoms with Gasteiger partial charge in [0, 0.05) is 22.5 Å². The van der Waals surface area contributed by atoms with E-state index in [1.54, 1.807) is 0 Å². The Hall–Kier alpha value is -1.39. The van der Waals surface area contributed by atoms with Crippen LogP contribution < -0.4 is 10.5 Å². The molecule has 4 heteroatoms. The predicted octanol–water partition coefficient (Wildman–Crippen LogP) is 4.70. The number of pyridine rings is 1. The van der Waals surface area contributed by atoms with E-state index in [1.807, 2.05) is 37.3 Å². The third-order valence-electron chi connectivity index (χ3n) is 3.22. The Bertz CT molecular complexity index is 648. The first kappa shape index (κ1) is 16.0. The lowest BCUT2D eigenvalue weighted by atomic mass is 9.91. The van der Waals surface area contributed by atoms with E-state index in [1.165, 1.54) is 0 Å². The van der Waals surface area contributed by atoms with Gasteiger partial charge in [-0.1, -0.05) is 36.7 Å². The van der Waals surface area contributed by atoms with E-state index in [0.717, 1.165) is 27.0 Å². The standard InChI is InChI=1S/C17H21BrN2O/c1-11-7-13(5-6-14(11)18)21-16-9-12(10-19)8-15(20-16)17(2,3)4/h5-9H,10,19H2,1-4H3. The van der Waals surface area contributed by atoms with Crippen LogP contribution in [-0.2, 0) is 12.0 Å². The van der Waals surface area contributed by atoms with Crippen molar-refractivity contribution >= 4 is 15.9 Å². The molecule has 2 aromatic rings. The van der Waals surface area contributed by atoms with Gasteiger partial charge in [0.15, 0.2) is 0 Å². The second-order valence-corrected chi connectivity index (χ2v) is 7.02. The summed E-state index contributed by atoms with van der Waals surface area (Å²) >= 11 is 3.49. The molecule has 0 fully saturated rings. The van der Waals surface area contributed by atoms with Crippen LogP contribution in [0.2, 0.25) is 0 Å².